The van der Waals surface area contributed by atoms with E-state index in [0.717, 1.165) is 12.8 Å². The Bertz CT molecular complexity index is 371. The molecule has 0 aliphatic heterocycles. The maximum absolute atomic E-state index is 10.3. The Morgan fingerprint density at radius 2 is 1.07 bits per heavy atom. The van der Waals surface area contributed by atoms with Crippen LogP contribution in [-0.4, -0.2) is 31.0 Å². The molecular weight excluding hydrogens is 425 g/mol. The first-order chi connectivity index (χ1) is 13.5. The zero-order valence-corrected chi connectivity index (χ0v) is 24.8. The van der Waals surface area contributed by atoms with Crippen LogP contribution in [0.4, 0.5) is 0 Å². The number of hydrogen-bond acceptors (Lipinski definition) is 6. The van der Waals surface area contributed by atoms with Gasteiger partial charge in [0, 0.05) is 6.61 Å². The van der Waals surface area contributed by atoms with Gasteiger partial charge in [0.15, 0.2) is 0 Å². The fourth-order valence-electron chi connectivity index (χ4n) is 3.20. The Morgan fingerprint density at radius 3 is 1.43 bits per heavy atom. The molecule has 6 nitrogen and oxygen atoms in total. The minimum Gasteiger partial charge on any atom is -0.790 e. The van der Waals surface area contributed by atoms with Gasteiger partial charge in [-0.25, -0.2) is 0 Å². The van der Waals surface area contributed by atoms with Crippen molar-refractivity contribution in [1.29, 1.82) is 0 Å². The summed E-state index contributed by atoms with van der Waals surface area (Å²) in [6.07, 6.45) is 19.9. The molecule has 0 saturated carbocycles. The van der Waals surface area contributed by atoms with Crippen LogP contribution in [0.5, 0.6) is 0 Å². The summed E-state index contributed by atoms with van der Waals surface area (Å²) in [6.45, 7) is 2.24. The van der Waals surface area contributed by atoms with Crippen LogP contribution in [0.1, 0.15) is 110 Å². The zero-order chi connectivity index (χ0) is 20.9. The Hall–Kier alpha value is 2.03. The smallest absolute Gasteiger partial charge is 0.790 e. The van der Waals surface area contributed by atoms with Crippen molar-refractivity contribution < 1.29 is 87.8 Å². The predicted octanol–water partition coefficient (Wildman–Crippen LogP) is -1.52. The standard InChI is InChI=1S/C21H45O6P.2Na/c1-2-3-4-5-6-7-8-9-10-11-12-13-14-15-16-17-18-26-19-21(22)20-27-28(23,24)25;;/h21-22H,2-20H2,1H3,(H2,23,24,25);;/q;2*+1/p-2. The summed E-state index contributed by atoms with van der Waals surface area (Å²) < 4.78 is 19.5. The Labute approximate surface area is 229 Å². The largest absolute Gasteiger partial charge is 1.00 e. The molecule has 0 aromatic heterocycles. The van der Waals surface area contributed by atoms with Gasteiger partial charge >= 0.3 is 59.1 Å². The van der Waals surface area contributed by atoms with Crippen molar-refractivity contribution in [3.63, 3.8) is 0 Å². The number of phosphoric acid groups is 1. The van der Waals surface area contributed by atoms with Crippen molar-refractivity contribution in [3.05, 3.63) is 0 Å². The van der Waals surface area contributed by atoms with E-state index in [4.69, 9.17) is 4.74 Å². The Morgan fingerprint density at radius 1 is 0.700 bits per heavy atom. The molecule has 9 heteroatoms. The first-order valence-electron chi connectivity index (χ1n) is 11.4. The maximum atomic E-state index is 10.3. The van der Waals surface area contributed by atoms with Crippen molar-refractivity contribution in [1.82, 2.24) is 0 Å². The number of aliphatic hydroxyl groups excluding tert-OH is 1. The van der Waals surface area contributed by atoms with Crippen molar-refractivity contribution in [2.75, 3.05) is 19.8 Å². The number of unbranched alkanes of at least 4 members (excludes halogenated alkanes) is 15. The molecule has 0 aliphatic carbocycles. The van der Waals surface area contributed by atoms with E-state index < -0.39 is 20.5 Å². The summed E-state index contributed by atoms with van der Waals surface area (Å²) in [5.74, 6) is 0. The van der Waals surface area contributed by atoms with Gasteiger partial charge in [0.05, 0.1) is 21.0 Å². The SMILES string of the molecule is CCCCCCCCCCCCCCCCCCOCC(O)COP(=O)([O-])[O-].[Na+].[Na+]. The monoisotopic (exact) mass is 468 g/mol. The third-order valence-electron chi connectivity index (χ3n) is 4.88. The minimum atomic E-state index is -5.01. The Kier molecular flexibility index (Phi) is 33.3. The molecule has 1 atom stereocenters. The van der Waals surface area contributed by atoms with Gasteiger partial charge < -0.3 is 28.7 Å². The van der Waals surface area contributed by atoms with Crippen LogP contribution in [0.25, 0.3) is 0 Å². The van der Waals surface area contributed by atoms with Crippen molar-refractivity contribution in [2.24, 2.45) is 0 Å². The van der Waals surface area contributed by atoms with E-state index in [1.54, 1.807) is 0 Å². The third kappa shape index (κ3) is 32.2. The molecule has 0 spiro atoms. The van der Waals surface area contributed by atoms with Crippen LogP contribution in [-0.2, 0) is 13.8 Å². The molecule has 0 aliphatic rings. The van der Waals surface area contributed by atoms with Crippen LogP contribution in [0, 0.1) is 0 Å². The van der Waals surface area contributed by atoms with Gasteiger partial charge in [-0.05, 0) is 6.42 Å². The molecule has 170 valence electrons. The van der Waals surface area contributed by atoms with Crippen molar-refractivity contribution in [3.8, 4) is 0 Å². The van der Waals surface area contributed by atoms with E-state index in [0.29, 0.717) is 6.61 Å². The summed E-state index contributed by atoms with van der Waals surface area (Å²) in [7, 11) is -5.01. The normalized spacial score (nSPS) is 12.3. The molecule has 0 aromatic carbocycles. The van der Waals surface area contributed by atoms with Gasteiger partial charge in [0.2, 0.25) is 0 Å². The molecule has 0 radical (unpaired) electrons. The van der Waals surface area contributed by atoms with Crippen LogP contribution < -0.4 is 68.9 Å². The topological polar surface area (TPSA) is 102 Å². The van der Waals surface area contributed by atoms with Crippen molar-refractivity contribution >= 4 is 7.82 Å². The molecule has 0 heterocycles. The molecule has 0 fully saturated rings. The third-order valence-corrected chi connectivity index (χ3v) is 5.34. The van der Waals surface area contributed by atoms with Crippen LogP contribution in [0.2, 0.25) is 0 Å². The number of phosphoric ester groups is 1. The van der Waals surface area contributed by atoms with Gasteiger partial charge in [-0.2, -0.15) is 0 Å². The maximum Gasteiger partial charge on any atom is 1.00 e. The van der Waals surface area contributed by atoms with Gasteiger partial charge in [-0.15, -0.1) is 0 Å². The molecule has 0 saturated heterocycles. The van der Waals surface area contributed by atoms with Gasteiger partial charge in [-0.3, -0.25) is 0 Å². The predicted molar refractivity (Wildman–Crippen MR) is 110 cm³/mol. The molecule has 0 rings (SSSR count). The molecule has 0 aromatic rings. The molecule has 0 amide bonds. The van der Waals surface area contributed by atoms with Gasteiger partial charge in [-0.1, -0.05) is 103 Å². The molecular formula is C21H43Na2O6P. The quantitative estimate of drug-likeness (QED) is 0.118. The number of rotatable bonds is 22. The summed E-state index contributed by atoms with van der Waals surface area (Å²) in [5, 5.41) is 9.40. The summed E-state index contributed by atoms with van der Waals surface area (Å²) in [5.41, 5.74) is 0. The van der Waals surface area contributed by atoms with Crippen molar-refractivity contribution in [2.45, 2.75) is 116 Å². The molecule has 0 bridgehead atoms. The first-order valence-corrected chi connectivity index (χ1v) is 12.8. The summed E-state index contributed by atoms with van der Waals surface area (Å²) in [4.78, 5) is 20.6. The molecule has 1 unspecified atom stereocenters. The van der Waals surface area contributed by atoms with E-state index in [2.05, 4.69) is 11.4 Å². The summed E-state index contributed by atoms with van der Waals surface area (Å²) in [6, 6.07) is 0. The van der Waals surface area contributed by atoms with E-state index in [1.165, 1.54) is 89.9 Å². The van der Waals surface area contributed by atoms with E-state index >= 15 is 0 Å². The minimum absolute atomic E-state index is 0. The zero-order valence-electron chi connectivity index (χ0n) is 19.9. The molecule has 1 N–H and O–H groups in total. The van der Waals surface area contributed by atoms with Gasteiger partial charge in [0.25, 0.3) is 0 Å². The van der Waals surface area contributed by atoms with E-state index in [1.807, 2.05) is 0 Å². The van der Waals surface area contributed by atoms with E-state index in [9.17, 15) is 19.5 Å². The fourth-order valence-corrected chi connectivity index (χ4v) is 3.55. The van der Waals surface area contributed by atoms with Crippen LogP contribution in [0.15, 0.2) is 0 Å². The summed E-state index contributed by atoms with van der Waals surface area (Å²) >= 11 is 0. The Balaban J connectivity index is -0.00000364. The number of aliphatic hydroxyl groups is 1. The van der Waals surface area contributed by atoms with Crippen LogP contribution >= 0.6 is 7.82 Å². The van der Waals surface area contributed by atoms with E-state index in [-0.39, 0.29) is 65.7 Å². The average molecular weight is 469 g/mol. The number of ether oxygens (including phenoxy) is 1. The molecule has 30 heavy (non-hydrogen) atoms. The second-order valence-electron chi connectivity index (χ2n) is 7.78. The average Bonchev–Trinajstić information content (AvgIpc) is 2.65. The number of hydrogen-bond donors (Lipinski definition) is 1. The second kappa shape index (κ2) is 27.3. The van der Waals surface area contributed by atoms with Gasteiger partial charge in [0.1, 0.15) is 6.10 Å². The van der Waals surface area contributed by atoms with Crippen LogP contribution in [0.3, 0.4) is 0 Å². The first kappa shape index (κ1) is 36.6. The fraction of sp³-hybridized carbons (Fsp3) is 1.00. The second-order valence-corrected chi connectivity index (χ2v) is 8.93.